The predicted octanol–water partition coefficient (Wildman–Crippen LogP) is 5.43. The summed E-state index contributed by atoms with van der Waals surface area (Å²) in [5, 5.41) is 5.28. The zero-order valence-electron chi connectivity index (χ0n) is 18.9. The van der Waals surface area contributed by atoms with Crippen molar-refractivity contribution in [3.8, 4) is 0 Å². The highest BCUT2D eigenvalue weighted by atomic mass is 16.6. The van der Waals surface area contributed by atoms with E-state index in [1.807, 2.05) is 6.92 Å². The molecule has 2 amide bonds. The standard InChI is InChI=1S/C23H34N2O6/c1-6-8-9-18(7-2)15-31-22(27)24-19-11-10-17(5)20(14-19)25-23(28)30-13-12-29-21(26)16(3)4/h10-11,14,18H,3,6-9,12-13,15H2,1-2,4-5H3,(H,24,27)(H,25,28). The number of unbranched alkanes of at least 4 members (excludes halogenated alkanes) is 1. The van der Waals surface area contributed by atoms with Gasteiger partial charge in [0.1, 0.15) is 13.2 Å². The van der Waals surface area contributed by atoms with Crippen LogP contribution < -0.4 is 10.6 Å². The molecule has 8 heteroatoms. The van der Waals surface area contributed by atoms with Crippen LogP contribution in [0.15, 0.2) is 30.4 Å². The number of rotatable bonds is 12. The van der Waals surface area contributed by atoms with Gasteiger partial charge in [-0.05, 0) is 43.9 Å². The van der Waals surface area contributed by atoms with Gasteiger partial charge in [-0.25, -0.2) is 14.4 Å². The van der Waals surface area contributed by atoms with Crippen LogP contribution in [0.1, 0.15) is 52.0 Å². The summed E-state index contributed by atoms with van der Waals surface area (Å²) in [5.74, 6) is -0.188. The van der Waals surface area contributed by atoms with E-state index < -0.39 is 18.2 Å². The molecule has 1 atom stereocenters. The Morgan fingerprint density at radius 2 is 1.71 bits per heavy atom. The van der Waals surface area contributed by atoms with Gasteiger partial charge < -0.3 is 14.2 Å². The molecule has 0 heterocycles. The molecule has 0 radical (unpaired) electrons. The van der Waals surface area contributed by atoms with Crippen LogP contribution in [0, 0.1) is 12.8 Å². The lowest BCUT2D eigenvalue weighted by Crippen LogP contribution is -2.20. The number of ether oxygens (including phenoxy) is 3. The maximum atomic E-state index is 12.1. The monoisotopic (exact) mass is 434 g/mol. The summed E-state index contributed by atoms with van der Waals surface area (Å²) < 4.78 is 15.2. The Bertz CT molecular complexity index is 762. The summed E-state index contributed by atoms with van der Waals surface area (Å²) in [6.45, 7) is 11.2. The summed E-state index contributed by atoms with van der Waals surface area (Å²) in [6, 6.07) is 5.10. The molecule has 0 fully saturated rings. The van der Waals surface area contributed by atoms with Gasteiger partial charge in [0.2, 0.25) is 0 Å². The van der Waals surface area contributed by atoms with Gasteiger partial charge >= 0.3 is 18.2 Å². The number of nitrogens with one attached hydrogen (secondary N) is 2. The Morgan fingerprint density at radius 3 is 2.35 bits per heavy atom. The lowest BCUT2D eigenvalue weighted by molar-refractivity contribution is -0.139. The van der Waals surface area contributed by atoms with E-state index in [1.165, 1.54) is 6.92 Å². The number of carbonyl (C=O) groups is 3. The minimum Gasteiger partial charge on any atom is -0.459 e. The van der Waals surface area contributed by atoms with Crippen LogP contribution in [-0.4, -0.2) is 38.0 Å². The fourth-order valence-corrected chi connectivity index (χ4v) is 2.62. The fraction of sp³-hybridized carbons (Fsp3) is 0.522. The fourth-order valence-electron chi connectivity index (χ4n) is 2.62. The minimum atomic E-state index is -0.698. The smallest absolute Gasteiger partial charge is 0.411 e. The van der Waals surface area contributed by atoms with E-state index in [0.29, 0.717) is 23.9 Å². The molecule has 31 heavy (non-hydrogen) atoms. The van der Waals surface area contributed by atoms with E-state index in [4.69, 9.17) is 14.2 Å². The molecule has 0 saturated heterocycles. The van der Waals surface area contributed by atoms with Crippen molar-refractivity contribution in [1.29, 1.82) is 0 Å². The highest BCUT2D eigenvalue weighted by Gasteiger charge is 2.12. The summed E-state index contributed by atoms with van der Waals surface area (Å²) in [6.07, 6.45) is 2.99. The number of hydrogen-bond acceptors (Lipinski definition) is 6. The molecule has 1 aromatic carbocycles. The molecular formula is C23H34N2O6. The summed E-state index contributed by atoms with van der Waals surface area (Å²) in [5.41, 5.74) is 2.03. The van der Waals surface area contributed by atoms with Crippen LogP contribution >= 0.6 is 0 Å². The molecule has 172 valence electrons. The van der Waals surface area contributed by atoms with Gasteiger partial charge in [-0.15, -0.1) is 0 Å². The second-order valence-electron chi connectivity index (χ2n) is 7.35. The number of aryl methyl sites for hydroxylation is 1. The molecule has 0 aliphatic carbocycles. The average Bonchev–Trinajstić information content (AvgIpc) is 2.73. The van der Waals surface area contributed by atoms with Crippen molar-refractivity contribution in [3.63, 3.8) is 0 Å². The second-order valence-corrected chi connectivity index (χ2v) is 7.35. The maximum absolute atomic E-state index is 12.1. The van der Waals surface area contributed by atoms with Gasteiger partial charge in [-0.1, -0.05) is 45.8 Å². The third-order valence-corrected chi connectivity index (χ3v) is 4.61. The minimum absolute atomic E-state index is 0.0669. The van der Waals surface area contributed by atoms with E-state index in [9.17, 15) is 14.4 Å². The van der Waals surface area contributed by atoms with E-state index in [-0.39, 0.29) is 18.8 Å². The quantitative estimate of drug-likeness (QED) is 0.197. The lowest BCUT2D eigenvalue weighted by Gasteiger charge is -2.15. The van der Waals surface area contributed by atoms with Crippen molar-refractivity contribution in [2.45, 2.75) is 53.4 Å². The van der Waals surface area contributed by atoms with E-state index >= 15 is 0 Å². The maximum Gasteiger partial charge on any atom is 0.411 e. The summed E-state index contributed by atoms with van der Waals surface area (Å²) in [7, 11) is 0. The third kappa shape index (κ3) is 10.5. The van der Waals surface area contributed by atoms with Gasteiger partial charge in [0.05, 0.1) is 6.61 Å². The van der Waals surface area contributed by atoms with Crippen molar-refractivity contribution >= 4 is 29.5 Å². The van der Waals surface area contributed by atoms with Crippen molar-refractivity contribution in [2.75, 3.05) is 30.5 Å². The number of esters is 1. The first-order valence-electron chi connectivity index (χ1n) is 10.6. The summed E-state index contributed by atoms with van der Waals surface area (Å²) in [4.78, 5) is 35.4. The topological polar surface area (TPSA) is 103 Å². The van der Waals surface area contributed by atoms with Crippen LogP contribution in [-0.2, 0) is 19.0 Å². The molecule has 1 unspecified atom stereocenters. The molecule has 0 aromatic heterocycles. The van der Waals surface area contributed by atoms with Gasteiger partial charge in [0.15, 0.2) is 0 Å². The predicted molar refractivity (Wildman–Crippen MR) is 120 cm³/mol. The van der Waals surface area contributed by atoms with Gasteiger partial charge in [0.25, 0.3) is 0 Å². The van der Waals surface area contributed by atoms with Gasteiger partial charge in [-0.3, -0.25) is 10.6 Å². The number of anilines is 2. The lowest BCUT2D eigenvalue weighted by atomic mass is 10.0. The van der Waals surface area contributed by atoms with Crippen LogP contribution in [0.4, 0.5) is 21.0 Å². The highest BCUT2D eigenvalue weighted by molar-refractivity contribution is 5.89. The number of carbonyl (C=O) groups excluding carboxylic acids is 3. The molecule has 1 rings (SSSR count). The third-order valence-electron chi connectivity index (χ3n) is 4.61. The normalized spacial score (nSPS) is 11.2. The molecule has 0 saturated carbocycles. The molecule has 1 aromatic rings. The molecule has 2 N–H and O–H groups in total. The van der Waals surface area contributed by atoms with Crippen molar-refractivity contribution in [2.24, 2.45) is 5.92 Å². The zero-order valence-corrected chi connectivity index (χ0v) is 18.9. The zero-order chi connectivity index (χ0) is 23.2. The van der Waals surface area contributed by atoms with Crippen LogP contribution in [0.2, 0.25) is 0 Å². The van der Waals surface area contributed by atoms with Crippen LogP contribution in [0.5, 0.6) is 0 Å². The largest absolute Gasteiger partial charge is 0.459 e. The van der Waals surface area contributed by atoms with Gasteiger partial charge in [-0.2, -0.15) is 0 Å². The van der Waals surface area contributed by atoms with Gasteiger partial charge in [0, 0.05) is 16.9 Å². The first-order chi connectivity index (χ1) is 14.8. The number of hydrogen-bond donors (Lipinski definition) is 2. The Labute approximate surface area is 184 Å². The van der Waals surface area contributed by atoms with Crippen molar-refractivity contribution < 1.29 is 28.6 Å². The molecule has 0 bridgehead atoms. The second kappa shape index (κ2) is 14.1. The molecular weight excluding hydrogens is 400 g/mol. The Hall–Kier alpha value is -3.03. The highest BCUT2D eigenvalue weighted by Crippen LogP contribution is 2.21. The number of benzene rings is 1. The Balaban J connectivity index is 2.51. The average molecular weight is 435 g/mol. The molecule has 0 spiro atoms. The number of amides is 2. The van der Waals surface area contributed by atoms with E-state index in [2.05, 4.69) is 31.1 Å². The first kappa shape index (κ1) is 26.0. The Morgan fingerprint density at radius 1 is 1.03 bits per heavy atom. The van der Waals surface area contributed by atoms with Crippen LogP contribution in [0.25, 0.3) is 0 Å². The van der Waals surface area contributed by atoms with Crippen LogP contribution in [0.3, 0.4) is 0 Å². The first-order valence-corrected chi connectivity index (χ1v) is 10.6. The van der Waals surface area contributed by atoms with Crippen molar-refractivity contribution in [3.05, 3.63) is 35.9 Å². The molecule has 8 nitrogen and oxygen atoms in total. The SMILES string of the molecule is C=C(C)C(=O)OCCOC(=O)Nc1cc(NC(=O)OCC(CC)CCCC)ccc1C. The van der Waals surface area contributed by atoms with Crippen molar-refractivity contribution in [1.82, 2.24) is 0 Å². The summed E-state index contributed by atoms with van der Waals surface area (Å²) >= 11 is 0. The molecule has 0 aliphatic rings. The molecule has 0 aliphatic heterocycles. The van der Waals surface area contributed by atoms with E-state index in [0.717, 1.165) is 31.2 Å². The van der Waals surface area contributed by atoms with E-state index in [1.54, 1.807) is 18.2 Å². The Kier molecular flexibility index (Phi) is 11.8.